The van der Waals surface area contributed by atoms with Gasteiger partial charge in [0.15, 0.2) is 0 Å². The Kier molecular flexibility index (Phi) is 4.39. The summed E-state index contributed by atoms with van der Waals surface area (Å²) in [4.78, 5) is 11.7. The van der Waals surface area contributed by atoms with Gasteiger partial charge in [0, 0.05) is 12.6 Å². The van der Waals surface area contributed by atoms with Gasteiger partial charge in [-0.05, 0) is 18.8 Å². The van der Waals surface area contributed by atoms with Gasteiger partial charge in [-0.2, -0.15) is 0 Å². The van der Waals surface area contributed by atoms with Crippen LogP contribution in [0.25, 0.3) is 0 Å². The first-order valence-corrected chi connectivity index (χ1v) is 5.64. The molecule has 0 aromatic carbocycles. The van der Waals surface area contributed by atoms with Crippen LogP contribution in [0.1, 0.15) is 39.5 Å². The highest BCUT2D eigenvalue weighted by molar-refractivity contribution is 5.79. The zero-order valence-corrected chi connectivity index (χ0v) is 9.25. The summed E-state index contributed by atoms with van der Waals surface area (Å²) in [5.74, 6) is 0.729. The van der Waals surface area contributed by atoms with Gasteiger partial charge in [0.2, 0.25) is 5.91 Å². The Labute approximate surface area is 86.4 Å². The summed E-state index contributed by atoms with van der Waals surface area (Å²) in [7, 11) is 0. The van der Waals surface area contributed by atoms with Crippen molar-refractivity contribution < 1.29 is 4.79 Å². The quantitative estimate of drug-likeness (QED) is 0.717. The molecule has 0 saturated heterocycles. The van der Waals surface area contributed by atoms with Crippen LogP contribution in [0.15, 0.2) is 0 Å². The van der Waals surface area contributed by atoms with E-state index in [4.69, 9.17) is 5.73 Å². The number of rotatable bonds is 3. The van der Waals surface area contributed by atoms with E-state index < -0.39 is 0 Å². The van der Waals surface area contributed by atoms with Crippen LogP contribution in [-0.4, -0.2) is 18.5 Å². The molecule has 1 aliphatic carbocycles. The molecular weight excluding hydrogens is 176 g/mol. The zero-order valence-electron chi connectivity index (χ0n) is 9.25. The minimum atomic E-state index is 0.0579. The number of hydrogen-bond donors (Lipinski definition) is 2. The van der Waals surface area contributed by atoms with E-state index in [1.165, 1.54) is 6.42 Å². The fourth-order valence-corrected chi connectivity index (χ4v) is 1.92. The largest absolute Gasteiger partial charge is 0.356 e. The van der Waals surface area contributed by atoms with E-state index >= 15 is 0 Å². The molecule has 0 spiro atoms. The van der Waals surface area contributed by atoms with Crippen molar-refractivity contribution in [3.05, 3.63) is 0 Å². The smallest absolute Gasteiger partial charge is 0.224 e. The molecule has 82 valence electrons. The Morgan fingerprint density at radius 1 is 1.43 bits per heavy atom. The maximum atomic E-state index is 11.7. The first-order valence-electron chi connectivity index (χ1n) is 5.64. The molecule has 3 nitrogen and oxygen atoms in total. The molecule has 2 atom stereocenters. The minimum Gasteiger partial charge on any atom is -0.356 e. The normalized spacial score (nSPS) is 27.7. The molecule has 14 heavy (non-hydrogen) atoms. The molecule has 1 aliphatic rings. The van der Waals surface area contributed by atoms with Crippen LogP contribution in [0.3, 0.4) is 0 Å². The standard InChI is InChI=1S/C11H22N2O/c1-8(2)7-13-11(14)9-5-3-4-6-10(9)12/h8-10H,3-7,12H2,1-2H3,(H,13,14). The summed E-state index contributed by atoms with van der Waals surface area (Å²) in [5, 5.41) is 2.96. The molecular formula is C11H22N2O. The minimum absolute atomic E-state index is 0.0579. The van der Waals surface area contributed by atoms with Gasteiger partial charge >= 0.3 is 0 Å². The second kappa shape index (κ2) is 5.35. The summed E-state index contributed by atoms with van der Waals surface area (Å²) >= 11 is 0. The summed E-state index contributed by atoms with van der Waals surface area (Å²) in [6.45, 7) is 4.96. The summed E-state index contributed by atoms with van der Waals surface area (Å²) < 4.78 is 0. The van der Waals surface area contributed by atoms with Crippen molar-refractivity contribution in [2.24, 2.45) is 17.6 Å². The molecule has 0 aromatic rings. The van der Waals surface area contributed by atoms with Crippen molar-refractivity contribution >= 4 is 5.91 Å². The number of hydrogen-bond acceptors (Lipinski definition) is 2. The number of carbonyl (C=O) groups is 1. The number of nitrogens with two attached hydrogens (primary N) is 1. The van der Waals surface area contributed by atoms with Gasteiger partial charge < -0.3 is 11.1 Å². The Bertz CT molecular complexity index is 192. The highest BCUT2D eigenvalue weighted by atomic mass is 16.1. The van der Waals surface area contributed by atoms with E-state index in [1.54, 1.807) is 0 Å². The van der Waals surface area contributed by atoms with Crippen molar-refractivity contribution in [2.75, 3.05) is 6.54 Å². The van der Waals surface area contributed by atoms with Gasteiger partial charge in [-0.3, -0.25) is 4.79 Å². The van der Waals surface area contributed by atoms with Crippen molar-refractivity contribution in [1.82, 2.24) is 5.32 Å². The van der Waals surface area contributed by atoms with Gasteiger partial charge in [0.05, 0.1) is 5.92 Å². The molecule has 1 saturated carbocycles. The van der Waals surface area contributed by atoms with E-state index in [2.05, 4.69) is 19.2 Å². The second-order valence-electron chi connectivity index (χ2n) is 4.69. The first kappa shape index (κ1) is 11.5. The van der Waals surface area contributed by atoms with Crippen LogP contribution < -0.4 is 11.1 Å². The predicted octanol–water partition coefficient (Wildman–Crippen LogP) is 1.28. The Balaban J connectivity index is 2.34. The fraction of sp³-hybridized carbons (Fsp3) is 0.909. The highest BCUT2D eigenvalue weighted by Gasteiger charge is 2.27. The molecule has 2 unspecified atom stereocenters. The Hall–Kier alpha value is -0.570. The van der Waals surface area contributed by atoms with Crippen LogP contribution in [-0.2, 0) is 4.79 Å². The van der Waals surface area contributed by atoms with Crippen LogP contribution in [0.5, 0.6) is 0 Å². The molecule has 1 amide bonds. The Morgan fingerprint density at radius 3 is 2.64 bits per heavy atom. The van der Waals surface area contributed by atoms with E-state index in [0.717, 1.165) is 25.8 Å². The van der Waals surface area contributed by atoms with Crippen molar-refractivity contribution in [3.8, 4) is 0 Å². The van der Waals surface area contributed by atoms with Gasteiger partial charge in [0.25, 0.3) is 0 Å². The van der Waals surface area contributed by atoms with Gasteiger partial charge in [-0.25, -0.2) is 0 Å². The zero-order chi connectivity index (χ0) is 10.6. The number of carbonyl (C=O) groups excluding carboxylic acids is 1. The van der Waals surface area contributed by atoms with Crippen LogP contribution in [0.2, 0.25) is 0 Å². The molecule has 0 aromatic heterocycles. The third kappa shape index (κ3) is 3.29. The van der Waals surface area contributed by atoms with E-state index in [-0.39, 0.29) is 17.9 Å². The number of nitrogens with one attached hydrogen (secondary N) is 1. The molecule has 3 N–H and O–H groups in total. The molecule has 0 radical (unpaired) electrons. The third-order valence-corrected chi connectivity index (χ3v) is 2.84. The fourth-order valence-electron chi connectivity index (χ4n) is 1.92. The lowest BCUT2D eigenvalue weighted by Gasteiger charge is -2.27. The van der Waals surface area contributed by atoms with Crippen LogP contribution >= 0.6 is 0 Å². The summed E-state index contributed by atoms with van der Waals surface area (Å²) in [6.07, 6.45) is 4.29. The van der Waals surface area contributed by atoms with E-state index in [9.17, 15) is 4.79 Å². The summed E-state index contributed by atoms with van der Waals surface area (Å²) in [6, 6.07) is 0.0795. The first-order chi connectivity index (χ1) is 6.61. The van der Waals surface area contributed by atoms with Crippen molar-refractivity contribution in [3.63, 3.8) is 0 Å². The average Bonchev–Trinajstić information content (AvgIpc) is 2.15. The molecule has 0 bridgehead atoms. The molecule has 1 fully saturated rings. The maximum Gasteiger partial charge on any atom is 0.224 e. The van der Waals surface area contributed by atoms with Gasteiger partial charge in [-0.15, -0.1) is 0 Å². The van der Waals surface area contributed by atoms with Gasteiger partial charge in [0.1, 0.15) is 0 Å². The summed E-state index contributed by atoms with van der Waals surface area (Å²) in [5.41, 5.74) is 5.93. The monoisotopic (exact) mass is 198 g/mol. The Morgan fingerprint density at radius 2 is 2.07 bits per heavy atom. The lowest BCUT2D eigenvalue weighted by atomic mass is 9.84. The predicted molar refractivity (Wildman–Crippen MR) is 57.8 cm³/mol. The van der Waals surface area contributed by atoms with E-state index in [1.807, 2.05) is 0 Å². The maximum absolute atomic E-state index is 11.7. The molecule has 1 rings (SSSR count). The second-order valence-corrected chi connectivity index (χ2v) is 4.69. The van der Waals surface area contributed by atoms with E-state index in [0.29, 0.717) is 5.92 Å². The molecule has 3 heteroatoms. The van der Waals surface area contributed by atoms with Gasteiger partial charge in [-0.1, -0.05) is 26.7 Å². The highest BCUT2D eigenvalue weighted by Crippen LogP contribution is 2.22. The van der Waals surface area contributed by atoms with Crippen molar-refractivity contribution in [2.45, 2.75) is 45.6 Å². The topological polar surface area (TPSA) is 55.1 Å². The lowest BCUT2D eigenvalue weighted by Crippen LogP contribution is -2.44. The van der Waals surface area contributed by atoms with Crippen LogP contribution in [0, 0.1) is 11.8 Å². The van der Waals surface area contributed by atoms with Crippen LogP contribution in [0.4, 0.5) is 0 Å². The molecule has 0 heterocycles. The molecule has 0 aliphatic heterocycles. The third-order valence-electron chi connectivity index (χ3n) is 2.84. The SMILES string of the molecule is CC(C)CNC(=O)C1CCCCC1N. The lowest BCUT2D eigenvalue weighted by molar-refractivity contribution is -0.126. The van der Waals surface area contributed by atoms with Crippen molar-refractivity contribution in [1.29, 1.82) is 0 Å². The number of amides is 1. The average molecular weight is 198 g/mol.